The summed E-state index contributed by atoms with van der Waals surface area (Å²) in [5.41, 5.74) is 2.36. The molecule has 0 radical (unpaired) electrons. The van der Waals surface area contributed by atoms with Gasteiger partial charge < -0.3 is 10.4 Å². The number of aromatic amines is 1. The van der Waals surface area contributed by atoms with E-state index in [2.05, 4.69) is 36.3 Å². The second-order valence-electron chi connectivity index (χ2n) is 6.75. The van der Waals surface area contributed by atoms with Gasteiger partial charge in [0.1, 0.15) is 5.69 Å². The van der Waals surface area contributed by atoms with Crippen molar-refractivity contribution in [3.05, 3.63) is 53.3 Å². The van der Waals surface area contributed by atoms with Gasteiger partial charge in [-0.05, 0) is 18.1 Å². The fourth-order valence-electron chi connectivity index (χ4n) is 2.40. The number of nitrogens with zero attached hydrogens (tertiary/aromatic N) is 1. The topological polar surface area (TPSA) is 78.0 Å². The molecule has 0 aliphatic carbocycles. The second-order valence-corrected chi connectivity index (χ2v) is 6.75. The molecule has 23 heavy (non-hydrogen) atoms. The van der Waals surface area contributed by atoms with Crippen molar-refractivity contribution in [2.75, 3.05) is 13.2 Å². The molecule has 0 fully saturated rings. The van der Waals surface area contributed by atoms with E-state index in [1.807, 2.05) is 30.3 Å². The Morgan fingerprint density at radius 2 is 2.00 bits per heavy atom. The van der Waals surface area contributed by atoms with Crippen LogP contribution >= 0.6 is 0 Å². The van der Waals surface area contributed by atoms with Crippen LogP contribution in [-0.2, 0) is 5.41 Å². The molecule has 3 N–H and O–H groups in total. The van der Waals surface area contributed by atoms with Gasteiger partial charge >= 0.3 is 0 Å². The number of benzene rings is 1. The largest absolute Gasteiger partial charge is 0.396 e. The molecule has 0 saturated carbocycles. The average Bonchev–Trinajstić information content (AvgIpc) is 3.02. The van der Waals surface area contributed by atoms with Gasteiger partial charge in [0.25, 0.3) is 5.91 Å². The molecule has 1 amide bonds. The van der Waals surface area contributed by atoms with Crippen LogP contribution in [0.2, 0.25) is 0 Å². The third-order valence-electron chi connectivity index (χ3n) is 3.88. The average molecular weight is 315 g/mol. The predicted octanol–water partition coefficient (Wildman–Crippen LogP) is 2.60. The monoisotopic (exact) mass is 315 g/mol. The van der Waals surface area contributed by atoms with Gasteiger partial charge in [-0.25, -0.2) is 0 Å². The maximum absolute atomic E-state index is 12.3. The Bertz CT molecular complexity index is 629. The fraction of sp³-hybridized carbons (Fsp3) is 0.444. The Hall–Kier alpha value is -2.14. The van der Waals surface area contributed by atoms with Crippen LogP contribution in [0, 0.1) is 0 Å². The number of nitrogens with one attached hydrogen (secondary N) is 2. The molecule has 0 bridgehead atoms. The standard InChI is InChI=1S/C18H25N3O2/c1-18(2,3)16-11-15(20-21-16)17(23)19-12-14(9-10-22)13-7-5-4-6-8-13/h4-8,11,14,22H,9-10,12H2,1-3H3,(H,19,23)(H,20,21). The third-order valence-corrected chi connectivity index (χ3v) is 3.88. The molecule has 1 aromatic heterocycles. The number of hydrogen-bond donors (Lipinski definition) is 3. The minimum atomic E-state index is -0.198. The number of aliphatic hydroxyl groups is 1. The van der Waals surface area contributed by atoms with Gasteiger partial charge in [-0.2, -0.15) is 5.10 Å². The lowest BCUT2D eigenvalue weighted by Crippen LogP contribution is -2.29. The van der Waals surface area contributed by atoms with Gasteiger partial charge in [0, 0.05) is 30.2 Å². The maximum atomic E-state index is 12.3. The quantitative estimate of drug-likeness (QED) is 0.767. The van der Waals surface area contributed by atoms with E-state index in [-0.39, 0.29) is 23.8 Å². The van der Waals surface area contributed by atoms with Crippen LogP contribution in [0.4, 0.5) is 0 Å². The van der Waals surface area contributed by atoms with Gasteiger partial charge in [-0.3, -0.25) is 9.89 Å². The van der Waals surface area contributed by atoms with Gasteiger partial charge in [-0.15, -0.1) is 0 Å². The Balaban J connectivity index is 2.00. The lowest BCUT2D eigenvalue weighted by molar-refractivity contribution is 0.0944. The smallest absolute Gasteiger partial charge is 0.271 e. The summed E-state index contributed by atoms with van der Waals surface area (Å²) < 4.78 is 0. The summed E-state index contributed by atoms with van der Waals surface area (Å²) in [5.74, 6) is -0.109. The Labute approximate surface area is 137 Å². The molecule has 5 heteroatoms. The van der Waals surface area contributed by atoms with Crippen molar-refractivity contribution in [2.24, 2.45) is 0 Å². The molecule has 1 aromatic carbocycles. The van der Waals surface area contributed by atoms with E-state index in [1.54, 1.807) is 6.07 Å². The third kappa shape index (κ3) is 4.66. The Morgan fingerprint density at radius 1 is 1.30 bits per heavy atom. The molecule has 2 rings (SSSR count). The lowest BCUT2D eigenvalue weighted by atomic mass is 9.92. The maximum Gasteiger partial charge on any atom is 0.271 e. The minimum Gasteiger partial charge on any atom is -0.396 e. The van der Waals surface area contributed by atoms with Gasteiger partial charge in [0.2, 0.25) is 0 Å². The molecule has 124 valence electrons. The first-order valence-corrected chi connectivity index (χ1v) is 7.91. The summed E-state index contributed by atoms with van der Waals surface area (Å²) >= 11 is 0. The number of rotatable bonds is 6. The highest BCUT2D eigenvalue weighted by atomic mass is 16.3. The molecule has 5 nitrogen and oxygen atoms in total. The highest BCUT2D eigenvalue weighted by molar-refractivity contribution is 5.92. The zero-order chi connectivity index (χ0) is 16.9. The molecule has 0 aliphatic heterocycles. The van der Waals surface area contributed by atoms with Crippen LogP contribution in [-0.4, -0.2) is 34.4 Å². The molecule has 1 unspecified atom stereocenters. The van der Waals surface area contributed by atoms with Crippen molar-refractivity contribution in [3.8, 4) is 0 Å². The summed E-state index contributed by atoms with van der Waals surface area (Å²) in [6, 6.07) is 11.7. The summed E-state index contributed by atoms with van der Waals surface area (Å²) in [7, 11) is 0. The minimum absolute atomic E-state index is 0.0744. The van der Waals surface area contributed by atoms with Gasteiger partial charge in [-0.1, -0.05) is 51.1 Å². The summed E-state index contributed by atoms with van der Waals surface area (Å²) in [4.78, 5) is 12.3. The van der Waals surface area contributed by atoms with E-state index >= 15 is 0 Å². The summed E-state index contributed by atoms with van der Waals surface area (Å²) in [6.07, 6.45) is 0.609. The van der Waals surface area contributed by atoms with E-state index in [4.69, 9.17) is 0 Å². The first-order chi connectivity index (χ1) is 10.9. The van der Waals surface area contributed by atoms with E-state index in [1.165, 1.54) is 0 Å². The van der Waals surface area contributed by atoms with Gasteiger partial charge in [0.05, 0.1) is 0 Å². The van der Waals surface area contributed by atoms with Crippen molar-refractivity contribution < 1.29 is 9.90 Å². The number of aliphatic hydroxyl groups excluding tert-OH is 1. The molecule has 1 atom stereocenters. The number of aromatic nitrogens is 2. The highest BCUT2D eigenvalue weighted by Crippen LogP contribution is 2.21. The molecule has 0 spiro atoms. The van der Waals surface area contributed by atoms with E-state index in [0.717, 1.165) is 11.3 Å². The number of H-pyrrole nitrogens is 1. The van der Waals surface area contributed by atoms with Crippen LogP contribution < -0.4 is 5.32 Å². The highest BCUT2D eigenvalue weighted by Gasteiger charge is 2.20. The Kier molecular flexibility index (Phi) is 5.55. The first kappa shape index (κ1) is 17.2. The van der Waals surface area contributed by atoms with Crippen molar-refractivity contribution in [1.29, 1.82) is 0 Å². The SMILES string of the molecule is CC(C)(C)c1cc(C(=O)NCC(CCO)c2ccccc2)n[nH]1. The molecule has 0 saturated heterocycles. The number of amides is 1. The van der Waals surface area contributed by atoms with Crippen LogP contribution in [0.5, 0.6) is 0 Å². The molecular formula is C18H25N3O2. The van der Waals surface area contributed by atoms with Crippen molar-refractivity contribution in [3.63, 3.8) is 0 Å². The van der Waals surface area contributed by atoms with Crippen molar-refractivity contribution >= 4 is 5.91 Å². The van der Waals surface area contributed by atoms with E-state index in [0.29, 0.717) is 18.7 Å². The summed E-state index contributed by atoms with van der Waals surface area (Å²) in [5, 5.41) is 19.2. The van der Waals surface area contributed by atoms with E-state index < -0.39 is 0 Å². The normalized spacial score (nSPS) is 12.9. The second kappa shape index (κ2) is 7.42. The number of hydrogen-bond acceptors (Lipinski definition) is 3. The van der Waals surface area contributed by atoms with Crippen LogP contribution in [0.3, 0.4) is 0 Å². The predicted molar refractivity (Wildman–Crippen MR) is 90.5 cm³/mol. The zero-order valence-electron chi connectivity index (χ0n) is 14.0. The van der Waals surface area contributed by atoms with E-state index in [9.17, 15) is 9.90 Å². The summed E-state index contributed by atoms with van der Waals surface area (Å²) in [6.45, 7) is 6.76. The van der Waals surface area contributed by atoms with Crippen LogP contribution in [0.1, 0.15) is 54.9 Å². The molecule has 0 aliphatic rings. The zero-order valence-corrected chi connectivity index (χ0v) is 14.0. The van der Waals surface area contributed by atoms with Crippen molar-refractivity contribution in [2.45, 2.75) is 38.5 Å². The van der Waals surface area contributed by atoms with Crippen molar-refractivity contribution in [1.82, 2.24) is 15.5 Å². The van der Waals surface area contributed by atoms with Gasteiger partial charge in [0.15, 0.2) is 0 Å². The first-order valence-electron chi connectivity index (χ1n) is 7.91. The Morgan fingerprint density at radius 3 is 2.57 bits per heavy atom. The lowest BCUT2D eigenvalue weighted by Gasteiger charge is -2.16. The number of carbonyl (C=O) groups excluding carboxylic acids is 1. The van der Waals surface area contributed by atoms with Crippen LogP contribution in [0.15, 0.2) is 36.4 Å². The number of carbonyl (C=O) groups is 1. The van der Waals surface area contributed by atoms with Crippen LogP contribution in [0.25, 0.3) is 0 Å². The molecule has 2 aromatic rings. The molecule has 1 heterocycles. The fourth-order valence-corrected chi connectivity index (χ4v) is 2.40. The molecular weight excluding hydrogens is 290 g/mol.